The average molecular weight is 429 g/mol. The van der Waals surface area contributed by atoms with E-state index in [0.29, 0.717) is 41.1 Å². The largest absolute Gasteiger partial charge is 0.485 e. The fraction of sp³-hybridized carbons (Fsp3) is 0.500. The first-order valence-corrected chi connectivity index (χ1v) is 10.3. The summed E-state index contributed by atoms with van der Waals surface area (Å²) in [7, 11) is 1.82. The number of benzene rings is 1. The number of imidazole rings is 1. The molecule has 2 saturated heterocycles. The van der Waals surface area contributed by atoms with Gasteiger partial charge < -0.3 is 18.9 Å². The molecule has 2 aromatic rings. The van der Waals surface area contributed by atoms with Crippen LogP contribution >= 0.6 is 11.6 Å². The number of aromatic nitrogens is 2. The minimum absolute atomic E-state index is 0.0254. The quantitative estimate of drug-likeness (QED) is 0.745. The highest BCUT2D eigenvalue weighted by molar-refractivity contribution is 6.31. The smallest absolute Gasteiger partial charge is 0.272 e. The van der Waals surface area contributed by atoms with E-state index in [0.717, 1.165) is 18.5 Å². The van der Waals surface area contributed by atoms with E-state index in [9.17, 15) is 10.1 Å². The van der Waals surface area contributed by atoms with Crippen LogP contribution in [0.2, 0.25) is 5.02 Å². The van der Waals surface area contributed by atoms with Crippen LogP contribution in [0.15, 0.2) is 18.3 Å². The van der Waals surface area contributed by atoms with E-state index in [1.165, 1.54) is 0 Å². The highest BCUT2D eigenvalue weighted by atomic mass is 35.5. The molecule has 2 fully saturated rings. The van der Waals surface area contributed by atoms with Crippen LogP contribution in [-0.4, -0.2) is 45.7 Å². The molecule has 158 valence electrons. The van der Waals surface area contributed by atoms with E-state index < -0.39 is 0 Å². The molecule has 8 heteroatoms. The molecule has 1 amide bonds. The Kier molecular flexibility index (Phi) is 5.03. The van der Waals surface area contributed by atoms with Crippen LogP contribution in [-0.2, 0) is 23.8 Å². The number of hydrogen-bond donors (Lipinski definition) is 0. The Morgan fingerprint density at radius 3 is 2.67 bits per heavy atom. The Labute approximate surface area is 181 Å². The number of carbonyl (C=O) groups excluding carboxylic acids is 1. The predicted octanol–water partition coefficient (Wildman–Crippen LogP) is 3.44. The molecule has 7 nitrogen and oxygen atoms in total. The van der Waals surface area contributed by atoms with Crippen molar-refractivity contribution in [2.24, 2.45) is 7.05 Å². The Balaban J connectivity index is 1.54. The first-order valence-electron chi connectivity index (χ1n) is 9.93. The minimum Gasteiger partial charge on any atom is -0.485 e. The van der Waals surface area contributed by atoms with Gasteiger partial charge in [0, 0.05) is 25.2 Å². The van der Waals surface area contributed by atoms with Crippen LogP contribution in [0.1, 0.15) is 54.6 Å². The van der Waals surface area contributed by atoms with Gasteiger partial charge in [0.15, 0.2) is 0 Å². The molecule has 0 unspecified atom stereocenters. The number of carbonyl (C=O) groups is 1. The van der Waals surface area contributed by atoms with Gasteiger partial charge >= 0.3 is 0 Å². The number of rotatable bonds is 4. The van der Waals surface area contributed by atoms with E-state index in [1.54, 1.807) is 22.9 Å². The van der Waals surface area contributed by atoms with Gasteiger partial charge in [0.25, 0.3) is 5.91 Å². The fourth-order valence-corrected chi connectivity index (χ4v) is 4.10. The molecule has 0 saturated carbocycles. The van der Waals surface area contributed by atoms with Gasteiger partial charge in [0.2, 0.25) is 0 Å². The third kappa shape index (κ3) is 3.34. The van der Waals surface area contributed by atoms with E-state index in [1.807, 2.05) is 11.9 Å². The van der Waals surface area contributed by atoms with Crippen molar-refractivity contribution in [2.75, 3.05) is 19.8 Å². The number of nitrogens with zero attached hydrogens (tertiary/aromatic N) is 4. The molecule has 1 aromatic heterocycles. The van der Waals surface area contributed by atoms with Gasteiger partial charge in [-0.15, -0.1) is 0 Å². The second-order valence-electron chi connectivity index (χ2n) is 9.02. The van der Waals surface area contributed by atoms with Crippen LogP contribution in [0.4, 0.5) is 0 Å². The third-order valence-electron chi connectivity index (χ3n) is 6.02. The zero-order valence-electron chi connectivity index (χ0n) is 17.7. The molecule has 0 bridgehead atoms. The molecule has 30 heavy (non-hydrogen) atoms. The van der Waals surface area contributed by atoms with E-state index in [-0.39, 0.29) is 23.5 Å². The third-order valence-corrected chi connectivity index (χ3v) is 6.33. The van der Waals surface area contributed by atoms with Gasteiger partial charge in [-0.05, 0) is 17.9 Å². The second-order valence-corrected chi connectivity index (χ2v) is 9.43. The van der Waals surface area contributed by atoms with E-state index >= 15 is 0 Å². The molecule has 0 atom stereocenters. The summed E-state index contributed by atoms with van der Waals surface area (Å²) in [6.07, 6.45) is 2.59. The van der Waals surface area contributed by atoms with E-state index in [4.69, 9.17) is 21.1 Å². The van der Waals surface area contributed by atoms with Gasteiger partial charge in [0.05, 0.1) is 35.5 Å². The SMILES string of the molecule is Cn1c(C(=O)N2CCC23COC3)cnc1COc1cc(Cl)c(C#N)cc1C(C)(C)C. The van der Waals surface area contributed by atoms with Crippen LogP contribution in [0.3, 0.4) is 0 Å². The molecular weight excluding hydrogens is 404 g/mol. The van der Waals surface area contributed by atoms with Crippen molar-refractivity contribution >= 4 is 17.5 Å². The molecule has 1 spiro atoms. The monoisotopic (exact) mass is 428 g/mol. The van der Waals surface area contributed by atoms with Gasteiger partial charge in [-0.1, -0.05) is 32.4 Å². The van der Waals surface area contributed by atoms with Crippen LogP contribution in [0.25, 0.3) is 0 Å². The van der Waals surface area contributed by atoms with Crippen LogP contribution in [0, 0.1) is 11.3 Å². The first-order chi connectivity index (χ1) is 14.2. The Hall–Kier alpha value is -2.56. The van der Waals surface area contributed by atoms with Crippen molar-refractivity contribution in [1.29, 1.82) is 5.26 Å². The Bertz CT molecular complexity index is 1040. The highest BCUT2D eigenvalue weighted by Crippen LogP contribution is 2.38. The summed E-state index contributed by atoms with van der Waals surface area (Å²) in [6, 6.07) is 5.57. The van der Waals surface area contributed by atoms with Crippen molar-refractivity contribution in [1.82, 2.24) is 14.5 Å². The number of hydrogen-bond acceptors (Lipinski definition) is 5. The van der Waals surface area contributed by atoms with Crippen molar-refractivity contribution in [3.05, 3.63) is 46.0 Å². The number of likely N-dealkylation sites (tertiary alicyclic amines) is 1. The summed E-state index contributed by atoms with van der Waals surface area (Å²) in [5, 5.41) is 9.64. The van der Waals surface area contributed by atoms with Crippen molar-refractivity contribution in [3.63, 3.8) is 0 Å². The normalized spacial score (nSPS) is 17.3. The molecule has 1 aromatic carbocycles. The lowest BCUT2D eigenvalue weighted by atomic mass is 9.82. The Morgan fingerprint density at radius 1 is 1.40 bits per heavy atom. The molecule has 2 aliphatic heterocycles. The molecule has 0 N–H and O–H groups in total. The first kappa shape index (κ1) is 20.7. The molecule has 4 rings (SSSR count). The highest BCUT2D eigenvalue weighted by Gasteiger charge is 2.53. The maximum absolute atomic E-state index is 13.0. The van der Waals surface area contributed by atoms with Crippen LogP contribution < -0.4 is 4.74 Å². The lowest BCUT2D eigenvalue weighted by molar-refractivity contribution is -0.172. The topological polar surface area (TPSA) is 80.4 Å². The van der Waals surface area contributed by atoms with Crippen molar-refractivity contribution in [2.45, 2.75) is 44.8 Å². The maximum Gasteiger partial charge on any atom is 0.272 e. The zero-order chi connectivity index (χ0) is 21.7. The molecule has 0 aliphatic carbocycles. The minimum atomic E-state index is -0.231. The lowest BCUT2D eigenvalue weighted by Crippen LogP contribution is -2.72. The van der Waals surface area contributed by atoms with Gasteiger partial charge in [-0.25, -0.2) is 4.98 Å². The van der Waals surface area contributed by atoms with Gasteiger partial charge in [-0.2, -0.15) is 5.26 Å². The fourth-order valence-electron chi connectivity index (χ4n) is 3.90. The maximum atomic E-state index is 13.0. The standard InChI is InChI=1S/C22H25ClN4O3/c1-21(2,3)15-7-14(9-24)16(23)8-18(15)30-11-19-25-10-17(26(19)4)20(28)27-6-5-22(27)12-29-13-22/h7-8,10H,5-6,11-13H2,1-4H3. The summed E-state index contributed by atoms with van der Waals surface area (Å²) in [5.41, 5.74) is 1.50. The second kappa shape index (κ2) is 7.29. The average Bonchev–Trinajstić information content (AvgIpc) is 2.97. The summed E-state index contributed by atoms with van der Waals surface area (Å²) >= 11 is 6.23. The summed E-state index contributed by atoms with van der Waals surface area (Å²) in [4.78, 5) is 19.3. The van der Waals surface area contributed by atoms with Gasteiger partial charge in [0.1, 0.15) is 29.9 Å². The van der Waals surface area contributed by atoms with Crippen molar-refractivity contribution in [3.8, 4) is 11.8 Å². The molecular formula is C22H25ClN4O3. The van der Waals surface area contributed by atoms with E-state index in [2.05, 4.69) is 31.8 Å². The zero-order valence-corrected chi connectivity index (χ0v) is 18.4. The molecule has 2 aliphatic rings. The number of ether oxygens (including phenoxy) is 2. The molecule has 0 radical (unpaired) electrons. The summed E-state index contributed by atoms with van der Waals surface area (Å²) < 4.78 is 13.1. The number of halogens is 1. The summed E-state index contributed by atoms with van der Waals surface area (Å²) in [6.45, 7) is 8.31. The van der Waals surface area contributed by atoms with Crippen molar-refractivity contribution < 1.29 is 14.3 Å². The van der Waals surface area contributed by atoms with Crippen LogP contribution in [0.5, 0.6) is 5.75 Å². The number of amides is 1. The molecule has 3 heterocycles. The van der Waals surface area contributed by atoms with Gasteiger partial charge in [-0.3, -0.25) is 4.79 Å². The number of nitriles is 1. The Morgan fingerprint density at radius 2 is 2.13 bits per heavy atom. The lowest BCUT2D eigenvalue weighted by Gasteiger charge is -2.57. The summed E-state index contributed by atoms with van der Waals surface area (Å²) in [5.74, 6) is 1.22. The predicted molar refractivity (Wildman–Crippen MR) is 112 cm³/mol.